The minimum Gasteiger partial charge on any atom is -0.493 e. The Bertz CT molecular complexity index is 1120. The molecule has 1 heterocycles. The van der Waals surface area contributed by atoms with Crippen molar-refractivity contribution in [1.29, 1.82) is 0 Å². The first-order chi connectivity index (χ1) is 13.3. The molecule has 1 aromatic heterocycles. The molecule has 0 saturated heterocycles. The maximum Gasteiger partial charge on any atom is 0.320 e. The fraction of sp³-hybridized carbons (Fsp3) is 0.176. The van der Waals surface area contributed by atoms with Crippen LogP contribution in [0.5, 0.6) is 17.2 Å². The van der Waals surface area contributed by atoms with Crippen molar-refractivity contribution < 1.29 is 27.7 Å². The Balaban J connectivity index is 2.23. The summed E-state index contributed by atoms with van der Waals surface area (Å²) in [5, 5.41) is 11.1. The molecule has 28 heavy (non-hydrogen) atoms. The number of nitrogens with one attached hydrogen (secondary N) is 1. The summed E-state index contributed by atoms with van der Waals surface area (Å²) in [4.78, 5) is 14.3. The van der Waals surface area contributed by atoms with Crippen molar-refractivity contribution in [2.75, 3.05) is 25.7 Å². The van der Waals surface area contributed by atoms with Gasteiger partial charge in [0.2, 0.25) is 5.75 Å². The van der Waals surface area contributed by atoms with Gasteiger partial charge < -0.3 is 19.2 Å². The summed E-state index contributed by atoms with van der Waals surface area (Å²) in [6.45, 7) is 0. The van der Waals surface area contributed by atoms with Gasteiger partial charge in [-0.2, -0.15) is 8.42 Å². The molecule has 0 spiro atoms. The van der Waals surface area contributed by atoms with Gasteiger partial charge in [-0.3, -0.25) is 0 Å². The Hall–Kier alpha value is -3.47. The molecule has 3 rings (SSSR count). The fourth-order valence-corrected chi connectivity index (χ4v) is 4.26. The van der Waals surface area contributed by atoms with E-state index in [1.807, 2.05) is 0 Å². The Morgan fingerprint density at radius 3 is 2.18 bits per heavy atom. The molecule has 0 aliphatic carbocycles. The summed E-state index contributed by atoms with van der Waals surface area (Å²) < 4.78 is 41.9. The van der Waals surface area contributed by atoms with Gasteiger partial charge in [0, 0.05) is 33.6 Å². The largest absolute Gasteiger partial charge is 0.493 e. The van der Waals surface area contributed by atoms with Crippen LogP contribution in [0.2, 0.25) is 0 Å². The van der Waals surface area contributed by atoms with Crippen LogP contribution in [0.4, 0.5) is 5.69 Å². The van der Waals surface area contributed by atoms with Gasteiger partial charge in [0.1, 0.15) is 10.6 Å². The number of hydrogen-bond donors (Lipinski definition) is 1. The van der Waals surface area contributed by atoms with E-state index in [0.29, 0.717) is 10.9 Å². The number of benzene rings is 2. The third kappa shape index (κ3) is 3.05. The number of H-pyrrole nitrogens is 1. The standard InChI is InChI=1S/C17H17N3O7S/c1-25-14-8-11(9-15(26-2)17(14)27-3)19(20(21)22)28(23,24)16-10-18-13-7-5-4-6-12(13)16/h4-10,18H,1-3H3. The molecular formula is C17H17N3O7S. The molecule has 11 heteroatoms. The van der Waals surface area contributed by atoms with Crippen LogP contribution < -0.4 is 18.6 Å². The lowest BCUT2D eigenvalue weighted by atomic mass is 10.2. The van der Waals surface area contributed by atoms with Gasteiger partial charge >= 0.3 is 10.0 Å². The summed E-state index contributed by atoms with van der Waals surface area (Å²) in [5.41, 5.74) is 0.263. The zero-order chi connectivity index (χ0) is 20.5. The van der Waals surface area contributed by atoms with Crippen molar-refractivity contribution in [3.63, 3.8) is 0 Å². The van der Waals surface area contributed by atoms with Crippen molar-refractivity contribution in [3.8, 4) is 17.2 Å². The first-order valence-corrected chi connectivity index (χ1v) is 9.35. The van der Waals surface area contributed by atoms with Gasteiger partial charge in [-0.1, -0.05) is 18.2 Å². The van der Waals surface area contributed by atoms with E-state index < -0.39 is 15.1 Å². The fourth-order valence-electron chi connectivity index (χ4n) is 2.85. The van der Waals surface area contributed by atoms with E-state index >= 15 is 0 Å². The number of fused-ring (bicyclic) bond motifs is 1. The number of para-hydroxylation sites is 1. The minimum atomic E-state index is -4.56. The van der Waals surface area contributed by atoms with Crippen LogP contribution in [0.3, 0.4) is 0 Å². The van der Waals surface area contributed by atoms with Crippen molar-refractivity contribution >= 4 is 26.6 Å². The number of rotatable bonds is 7. The van der Waals surface area contributed by atoms with Gasteiger partial charge in [-0.25, -0.2) is 10.1 Å². The molecule has 0 atom stereocenters. The van der Waals surface area contributed by atoms with Gasteiger partial charge in [0.15, 0.2) is 16.5 Å². The van der Waals surface area contributed by atoms with E-state index in [1.54, 1.807) is 24.3 Å². The average molecular weight is 407 g/mol. The van der Waals surface area contributed by atoms with Gasteiger partial charge in [-0.05, 0) is 6.07 Å². The number of methoxy groups -OCH3 is 3. The minimum absolute atomic E-state index is 0.0765. The highest BCUT2D eigenvalue weighted by molar-refractivity contribution is 7.92. The van der Waals surface area contributed by atoms with E-state index in [-0.39, 0.29) is 32.2 Å². The molecular weight excluding hydrogens is 390 g/mol. The number of aromatic amines is 1. The first-order valence-electron chi connectivity index (χ1n) is 7.91. The van der Waals surface area contributed by atoms with Gasteiger partial charge in [-0.15, -0.1) is 0 Å². The normalized spacial score (nSPS) is 11.2. The number of ether oxygens (including phenoxy) is 3. The molecule has 0 amide bonds. The number of anilines is 1. The molecule has 0 aliphatic rings. The number of nitrogens with zero attached hydrogens (tertiary/aromatic N) is 2. The van der Waals surface area contributed by atoms with Crippen LogP contribution in [0.25, 0.3) is 10.9 Å². The molecule has 3 aromatic rings. The maximum atomic E-state index is 13.2. The molecule has 0 aliphatic heterocycles. The second kappa shape index (κ2) is 7.27. The zero-order valence-corrected chi connectivity index (χ0v) is 16.0. The van der Waals surface area contributed by atoms with Crippen LogP contribution in [0.1, 0.15) is 0 Å². The van der Waals surface area contributed by atoms with E-state index in [0.717, 1.165) is 0 Å². The Labute approximate surface area is 160 Å². The van der Waals surface area contributed by atoms with Crippen molar-refractivity contribution in [2.24, 2.45) is 0 Å². The number of aromatic nitrogens is 1. The third-order valence-corrected chi connectivity index (χ3v) is 5.77. The summed E-state index contributed by atoms with van der Waals surface area (Å²) >= 11 is 0. The zero-order valence-electron chi connectivity index (χ0n) is 15.2. The average Bonchev–Trinajstić information content (AvgIpc) is 3.11. The van der Waals surface area contributed by atoms with Crippen LogP contribution in [0.15, 0.2) is 47.5 Å². The Kier molecular flexibility index (Phi) is 5.01. The lowest BCUT2D eigenvalue weighted by Gasteiger charge is -2.18. The van der Waals surface area contributed by atoms with Crippen molar-refractivity contribution in [2.45, 2.75) is 4.90 Å². The number of hydrogen-bond acceptors (Lipinski definition) is 7. The molecule has 1 N–H and O–H groups in total. The lowest BCUT2D eigenvalue weighted by molar-refractivity contribution is -0.474. The smallest absolute Gasteiger partial charge is 0.320 e. The third-order valence-electron chi connectivity index (χ3n) is 4.08. The Morgan fingerprint density at radius 2 is 1.64 bits per heavy atom. The molecule has 148 valence electrons. The van der Waals surface area contributed by atoms with Crippen LogP contribution in [0, 0.1) is 10.1 Å². The summed E-state index contributed by atoms with van der Waals surface area (Å²) in [7, 11) is -0.536. The van der Waals surface area contributed by atoms with E-state index in [9.17, 15) is 18.5 Å². The maximum absolute atomic E-state index is 13.2. The number of nitro groups is 1. The molecule has 10 nitrogen and oxygen atoms in total. The highest BCUT2D eigenvalue weighted by atomic mass is 32.2. The molecule has 0 saturated carbocycles. The molecule has 0 unspecified atom stereocenters. The second-order valence-electron chi connectivity index (χ2n) is 5.57. The molecule has 2 aromatic carbocycles. The Morgan fingerprint density at radius 1 is 1.04 bits per heavy atom. The summed E-state index contributed by atoms with van der Waals surface area (Å²) in [5.74, 6) is 0.345. The van der Waals surface area contributed by atoms with E-state index in [2.05, 4.69) is 4.98 Å². The number of hydrazine groups is 1. The number of sulfonamides is 1. The van der Waals surface area contributed by atoms with Gasteiger partial charge in [0.25, 0.3) is 0 Å². The van der Waals surface area contributed by atoms with Gasteiger partial charge in [0.05, 0.1) is 21.3 Å². The highest BCUT2D eigenvalue weighted by Gasteiger charge is 2.38. The van der Waals surface area contributed by atoms with Crippen LogP contribution in [-0.2, 0) is 10.0 Å². The lowest BCUT2D eigenvalue weighted by Crippen LogP contribution is -2.36. The monoisotopic (exact) mass is 407 g/mol. The first kappa shape index (κ1) is 19.3. The van der Waals surface area contributed by atoms with E-state index in [1.165, 1.54) is 39.7 Å². The second-order valence-corrected chi connectivity index (χ2v) is 7.30. The SMILES string of the molecule is COc1cc(N([N+](=O)[O-])S(=O)(=O)c2c[nH]c3ccccc23)cc(OC)c1OC. The quantitative estimate of drug-likeness (QED) is 0.471. The highest BCUT2D eigenvalue weighted by Crippen LogP contribution is 2.42. The molecule has 0 fully saturated rings. The van der Waals surface area contributed by atoms with Crippen molar-refractivity contribution in [3.05, 3.63) is 52.7 Å². The topological polar surface area (TPSA) is 124 Å². The predicted molar refractivity (Wildman–Crippen MR) is 101 cm³/mol. The molecule has 0 radical (unpaired) electrons. The van der Waals surface area contributed by atoms with Crippen LogP contribution in [-0.4, -0.2) is 39.8 Å². The van der Waals surface area contributed by atoms with E-state index in [4.69, 9.17) is 14.2 Å². The summed E-state index contributed by atoms with van der Waals surface area (Å²) in [6, 6.07) is 8.98. The summed E-state index contributed by atoms with van der Waals surface area (Å²) in [6.07, 6.45) is 1.22. The predicted octanol–water partition coefficient (Wildman–Crippen LogP) is 2.58. The van der Waals surface area contributed by atoms with Crippen molar-refractivity contribution in [1.82, 2.24) is 4.98 Å². The molecule has 0 bridgehead atoms. The van der Waals surface area contributed by atoms with Crippen LogP contribution >= 0.6 is 0 Å².